The predicted molar refractivity (Wildman–Crippen MR) is 86.5 cm³/mol. The summed E-state index contributed by atoms with van der Waals surface area (Å²) in [6.45, 7) is 5.86. The van der Waals surface area contributed by atoms with Crippen LogP contribution in [0.4, 0.5) is 0 Å². The van der Waals surface area contributed by atoms with Gasteiger partial charge in [0.1, 0.15) is 0 Å². The molecule has 0 aliphatic rings. The van der Waals surface area contributed by atoms with Crippen molar-refractivity contribution < 1.29 is 14.3 Å². The third-order valence-corrected chi connectivity index (χ3v) is 3.47. The molecule has 0 bridgehead atoms. The van der Waals surface area contributed by atoms with Crippen molar-refractivity contribution in [3.05, 3.63) is 69.8 Å². The van der Waals surface area contributed by atoms with Gasteiger partial charge in [-0.2, -0.15) is 0 Å². The summed E-state index contributed by atoms with van der Waals surface area (Å²) in [7, 11) is 0. The Balaban J connectivity index is 0.000000255. The highest BCUT2D eigenvalue weighted by Gasteiger charge is 2.19. The molecular formula is C18H22O4. The van der Waals surface area contributed by atoms with Crippen LogP contribution in [-0.2, 0) is 6.42 Å². The number of carboxylic acid groups (broad SMARTS) is 1. The first-order valence-electron chi connectivity index (χ1n) is 7.40. The lowest BCUT2D eigenvalue weighted by Gasteiger charge is -2.08. The first-order chi connectivity index (χ1) is 10.5. The van der Waals surface area contributed by atoms with Crippen LogP contribution in [0.15, 0.2) is 51.9 Å². The highest BCUT2D eigenvalue weighted by atomic mass is 16.4. The average Bonchev–Trinajstić information content (AvgIpc) is 2.55. The maximum atomic E-state index is 11.4. The molecule has 22 heavy (non-hydrogen) atoms. The van der Waals surface area contributed by atoms with E-state index in [1.54, 1.807) is 6.92 Å². The summed E-state index contributed by atoms with van der Waals surface area (Å²) in [5.41, 5.74) is 1.39. The zero-order valence-corrected chi connectivity index (χ0v) is 13.2. The molecule has 1 heterocycles. The highest BCUT2D eigenvalue weighted by Crippen LogP contribution is 2.18. The molecule has 2 aromatic rings. The zero-order chi connectivity index (χ0) is 16.5. The average molecular weight is 302 g/mol. The Labute approximate surface area is 130 Å². The van der Waals surface area contributed by atoms with Gasteiger partial charge in [-0.25, -0.2) is 4.79 Å². The van der Waals surface area contributed by atoms with Crippen molar-refractivity contribution in [1.29, 1.82) is 0 Å². The summed E-state index contributed by atoms with van der Waals surface area (Å²) in [4.78, 5) is 22.2. The highest BCUT2D eigenvalue weighted by molar-refractivity contribution is 5.86. The molecule has 0 fully saturated rings. The molecule has 1 aromatic heterocycles. The fourth-order valence-corrected chi connectivity index (χ4v) is 1.98. The first-order valence-corrected chi connectivity index (χ1v) is 7.40. The van der Waals surface area contributed by atoms with E-state index in [1.165, 1.54) is 11.6 Å². The van der Waals surface area contributed by atoms with Crippen LogP contribution in [0.3, 0.4) is 0 Å². The third-order valence-electron chi connectivity index (χ3n) is 3.47. The topological polar surface area (TPSA) is 67.5 Å². The summed E-state index contributed by atoms with van der Waals surface area (Å²) in [5.74, 6) is -1.54. The van der Waals surface area contributed by atoms with Crippen molar-refractivity contribution in [3.8, 4) is 0 Å². The van der Waals surface area contributed by atoms with Crippen molar-refractivity contribution in [2.75, 3.05) is 0 Å². The fourth-order valence-electron chi connectivity index (χ4n) is 1.98. The van der Waals surface area contributed by atoms with Crippen LogP contribution in [0.25, 0.3) is 0 Å². The number of aromatic carboxylic acids is 1. The molecule has 4 nitrogen and oxygen atoms in total. The number of benzene rings is 1. The van der Waals surface area contributed by atoms with Crippen molar-refractivity contribution in [3.63, 3.8) is 0 Å². The number of carboxylic acids is 1. The molecule has 0 aliphatic carbocycles. The maximum Gasteiger partial charge on any atom is 0.372 e. The van der Waals surface area contributed by atoms with Gasteiger partial charge in [-0.15, -0.1) is 0 Å². The SMILES string of the molecule is CCC(C)c1c(C(=O)O)occc1=O.CCc1ccccc1. The lowest BCUT2D eigenvalue weighted by Crippen LogP contribution is -2.16. The smallest absolute Gasteiger partial charge is 0.372 e. The van der Waals surface area contributed by atoms with Gasteiger partial charge in [0.05, 0.1) is 11.8 Å². The van der Waals surface area contributed by atoms with Gasteiger partial charge >= 0.3 is 5.97 Å². The van der Waals surface area contributed by atoms with Gasteiger partial charge in [0.2, 0.25) is 5.76 Å². The van der Waals surface area contributed by atoms with E-state index in [-0.39, 0.29) is 22.7 Å². The molecular weight excluding hydrogens is 280 g/mol. The van der Waals surface area contributed by atoms with Crippen LogP contribution in [0.2, 0.25) is 0 Å². The maximum absolute atomic E-state index is 11.4. The van der Waals surface area contributed by atoms with Crippen molar-refractivity contribution in [1.82, 2.24) is 0 Å². The Morgan fingerprint density at radius 1 is 1.18 bits per heavy atom. The molecule has 118 valence electrons. The second-order valence-electron chi connectivity index (χ2n) is 4.98. The molecule has 0 spiro atoms. The molecule has 1 N–H and O–H groups in total. The second-order valence-corrected chi connectivity index (χ2v) is 4.98. The molecule has 0 saturated heterocycles. The monoisotopic (exact) mass is 302 g/mol. The number of hydrogen-bond acceptors (Lipinski definition) is 3. The molecule has 1 unspecified atom stereocenters. The first kappa shape index (κ1) is 17.7. The molecule has 0 amide bonds. The Morgan fingerprint density at radius 3 is 2.27 bits per heavy atom. The van der Waals surface area contributed by atoms with Crippen LogP contribution in [0.1, 0.15) is 54.8 Å². The minimum Gasteiger partial charge on any atom is -0.475 e. The number of carbonyl (C=O) groups is 1. The molecule has 0 saturated carbocycles. The van der Waals surface area contributed by atoms with Gasteiger partial charge in [0, 0.05) is 6.07 Å². The van der Waals surface area contributed by atoms with E-state index in [0.29, 0.717) is 6.42 Å². The van der Waals surface area contributed by atoms with Crippen LogP contribution in [0, 0.1) is 0 Å². The van der Waals surface area contributed by atoms with Gasteiger partial charge in [-0.3, -0.25) is 4.79 Å². The number of hydrogen-bond donors (Lipinski definition) is 1. The van der Waals surface area contributed by atoms with Crippen molar-refractivity contribution >= 4 is 5.97 Å². The fraction of sp³-hybridized carbons (Fsp3) is 0.333. The minimum absolute atomic E-state index is 0.0986. The van der Waals surface area contributed by atoms with E-state index in [1.807, 2.05) is 13.0 Å². The summed E-state index contributed by atoms with van der Waals surface area (Å²) in [6, 6.07) is 11.7. The van der Waals surface area contributed by atoms with Crippen LogP contribution >= 0.6 is 0 Å². The molecule has 4 heteroatoms. The zero-order valence-electron chi connectivity index (χ0n) is 13.2. The summed E-state index contributed by atoms with van der Waals surface area (Å²) in [5, 5.41) is 8.80. The van der Waals surface area contributed by atoms with E-state index in [0.717, 1.165) is 12.7 Å². The summed E-state index contributed by atoms with van der Waals surface area (Å²) in [6.07, 6.45) is 2.95. The Hall–Kier alpha value is -2.36. The normalized spacial score (nSPS) is 11.2. The lowest BCUT2D eigenvalue weighted by molar-refractivity contribution is 0.0656. The molecule has 1 atom stereocenters. The van der Waals surface area contributed by atoms with E-state index < -0.39 is 5.97 Å². The largest absolute Gasteiger partial charge is 0.475 e. The standard InChI is InChI=1S/C10H12O4.C8H10/c1-3-6(2)8-7(11)4-5-14-9(8)10(12)13;1-2-8-6-4-3-5-7-8/h4-6H,3H2,1-2H3,(H,12,13);3-7H,2H2,1H3. The summed E-state index contributed by atoms with van der Waals surface area (Å²) < 4.78 is 4.82. The van der Waals surface area contributed by atoms with Gasteiger partial charge in [-0.05, 0) is 24.3 Å². The van der Waals surface area contributed by atoms with E-state index in [2.05, 4.69) is 31.2 Å². The Bertz CT molecular complexity index is 644. The van der Waals surface area contributed by atoms with Crippen LogP contribution < -0.4 is 5.43 Å². The van der Waals surface area contributed by atoms with E-state index >= 15 is 0 Å². The van der Waals surface area contributed by atoms with Gasteiger partial charge in [0.25, 0.3) is 0 Å². The lowest BCUT2D eigenvalue weighted by atomic mass is 9.97. The van der Waals surface area contributed by atoms with Crippen LogP contribution in [-0.4, -0.2) is 11.1 Å². The molecule has 0 radical (unpaired) electrons. The second kappa shape index (κ2) is 8.82. The van der Waals surface area contributed by atoms with E-state index in [9.17, 15) is 9.59 Å². The van der Waals surface area contributed by atoms with Crippen molar-refractivity contribution in [2.45, 2.75) is 39.5 Å². The van der Waals surface area contributed by atoms with Gasteiger partial charge < -0.3 is 9.52 Å². The van der Waals surface area contributed by atoms with Gasteiger partial charge in [-0.1, -0.05) is 51.1 Å². The molecule has 2 rings (SSSR count). The molecule has 1 aromatic carbocycles. The number of rotatable bonds is 4. The Kier molecular flexibility index (Phi) is 7.09. The predicted octanol–water partition coefficient (Wildman–Crippen LogP) is 4.10. The minimum atomic E-state index is -1.20. The third kappa shape index (κ3) is 4.88. The van der Waals surface area contributed by atoms with E-state index in [4.69, 9.17) is 9.52 Å². The van der Waals surface area contributed by atoms with Crippen LogP contribution in [0.5, 0.6) is 0 Å². The molecule has 0 aliphatic heterocycles. The Morgan fingerprint density at radius 2 is 1.82 bits per heavy atom. The number of aryl methyl sites for hydroxylation is 1. The van der Waals surface area contributed by atoms with Gasteiger partial charge in [0.15, 0.2) is 5.43 Å². The van der Waals surface area contributed by atoms with Crippen molar-refractivity contribution in [2.24, 2.45) is 0 Å². The quantitative estimate of drug-likeness (QED) is 0.923. The summed E-state index contributed by atoms with van der Waals surface area (Å²) >= 11 is 0.